The molecule has 0 aliphatic rings. The number of aliphatic imine (C=N–C) groups is 1. The van der Waals surface area contributed by atoms with E-state index in [0.717, 1.165) is 37.5 Å². The maximum Gasteiger partial charge on any atom is 0.352 e. The van der Waals surface area contributed by atoms with Gasteiger partial charge in [-0.3, -0.25) is 10.0 Å². The quantitative estimate of drug-likeness (QED) is 0.236. The summed E-state index contributed by atoms with van der Waals surface area (Å²) >= 11 is 3.16. The molecule has 0 radical (unpaired) electrons. The van der Waals surface area contributed by atoms with Crippen LogP contribution in [-0.4, -0.2) is 35.3 Å². The molecule has 9 heteroatoms. The van der Waals surface area contributed by atoms with Crippen molar-refractivity contribution in [3.8, 4) is 0 Å². The fourth-order valence-corrected chi connectivity index (χ4v) is 4.30. The Labute approximate surface area is 179 Å². The number of nitrogens with zero attached hydrogens (tertiary/aromatic N) is 3. The second kappa shape index (κ2) is 11.2. The van der Waals surface area contributed by atoms with Gasteiger partial charge in [-0.15, -0.1) is 11.8 Å². The molecule has 0 unspecified atom stereocenters. The highest BCUT2D eigenvalue weighted by Crippen LogP contribution is 2.29. The third kappa shape index (κ3) is 6.74. The van der Waals surface area contributed by atoms with Crippen molar-refractivity contribution in [2.45, 2.75) is 19.1 Å². The van der Waals surface area contributed by atoms with Crippen LogP contribution in [0.4, 0.5) is 14.9 Å². The van der Waals surface area contributed by atoms with Crippen molar-refractivity contribution in [2.75, 3.05) is 24.9 Å². The van der Waals surface area contributed by atoms with Crippen molar-refractivity contribution in [1.29, 1.82) is 0 Å². The molecule has 0 bridgehead atoms. The number of hydrazine groups is 2. The number of urea groups is 1. The van der Waals surface area contributed by atoms with Crippen LogP contribution in [0, 0.1) is 12.7 Å². The molecule has 0 spiro atoms. The molecule has 2 aromatic rings. The standard InChI is InChI=1S/C20H26FN5OS2/c1-14-5-4-6-18(26(23)20(27)25(2)22)17(14)13-29-19(28-3)24-12-11-15-7-9-16(21)10-8-15/h4-10H,11-13,22-23H2,1-3H3. The Morgan fingerprint density at radius 1 is 1.17 bits per heavy atom. The summed E-state index contributed by atoms with van der Waals surface area (Å²) in [5, 5.41) is 2.01. The van der Waals surface area contributed by atoms with E-state index in [1.165, 1.54) is 19.2 Å². The molecule has 0 atom stereocenters. The lowest BCUT2D eigenvalue weighted by atomic mass is 10.1. The van der Waals surface area contributed by atoms with Crippen molar-refractivity contribution in [3.63, 3.8) is 0 Å². The van der Waals surface area contributed by atoms with Crippen LogP contribution in [0.15, 0.2) is 47.5 Å². The number of anilines is 1. The average molecular weight is 436 g/mol. The molecule has 0 aliphatic heterocycles. The number of carbonyl (C=O) groups is 1. The smallest absolute Gasteiger partial charge is 0.271 e. The highest BCUT2D eigenvalue weighted by molar-refractivity contribution is 8.38. The first-order chi connectivity index (χ1) is 13.8. The van der Waals surface area contributed by atoms with Gasteiger partial charge >= 0.3 is 6.03 Å². The number of halogens is 1. The maximum absolute atomic E-state index is 13.0. The Kier molecular flexibility index (Phi) is 8.97. The summed E-state index contributed by atoms with van der Waals surface area (Å²) in [7, 11) is 1.45. The first-order valence-corrected chi connectivity index (χ1v) is 11.2. The number of amides is 2. The van der Waals surface area contributed by atoms with Crippen molar-refractivity contribution >= 4 is 39.6 Å². The lowest BCUT2D eigenvalue weighted by molar-refractivity contribution is 0.216. The topological polar surface area (TPSA) is 88.0 Å². The molecule has 2 amide bonds. The van der Waals surface area contributed by atoms with Gasteiger partial charge in [-0.2, -0.15) is 0 Å². The van der Waals surface area contributed by atoms with Gasteiger partial charge in [-0.05, 0) is 54.5 Å². The van der Waals surface area contributed by atoms with E-state index in [-0.39, 0.29) is 5.82 Å². The molecule has 2 aromatic carbocycles. The second-order valence-electron chi connectivity index (χ2n) is 6.35. The summed E-state index contributed by atoms with van der Waals surface area (Å²) in [6.07, 6.45) is 2.72. The molecule has 0 saturated carbocycles. The zero-order valence-electron chi connectivity index (χ0n) is 16.8. The Bertz CT molecular complexity index is 858. The van der Waals surface area contributed by atoms with E-state index in [1.807, 2.05) is 25.3 Å². The number of nitrogens with two attached hydrogens (primary N) is 2. The first kappa shape index (κ1) is 23.2. The highest BCUT2D eigenvalue weighted by atomic mass is 32.2. The van der Waals surface area contributed by atoms with Gasteiger partial charge in [0.2, 0.25) is 0 Å². The monoisotopic (exact) mass is 435 g/mol. The third-order valence-corrected chi connectivity index (χ3v) is 6.36. The van der Waals surface area contributed by atoms with E-state index in [4.69, 9.17) is 11.7 Å². The molecular formula is C20H26FN5OS2. The Balaban J connectivity index is 2.06. The van der Waals surface area contributed by atoms with Crippen molar-refractivity contribution in [1.82, 2.24) is 5.01 Å². The van der Waals surface area contributed by atoms with Crippen LogP contribution in [0.3, 0.4) is 0 Å². The predicted molar refractivity (Wildman–Crippen MR) is 122 cm³/mol. The minimum atomic E-state index is -0.500. The van der Waals surface area contributed by atoms with Crippen LogP contribution >= 0.6 is 23.5 Å². The van der Waals surface area contributed by atoms with E-state index in [9.17, 15) is 9.18 Å². The summed E-state index contributed by atoms with van der Waals surface area (Å²) in [5.74, 6) is 11.9. The molecule has 4 N–H and O–H groups in total. The number of benzene rings is 2. The van der Waals surface area contributed by atoms with Gasteiger partial charge in [-0.1, -0.05) is 36.0 Å². The Hall–Kier alpha value is -2.07. The van der Waals surface area contributed by atoms with Gasteiger partial charge in [0.15, 0.2) is 0 Å². The lowest BCUT2D eigenvalue weighted by Crippen LogP contribution is -2.49. The fourth-order valence-electron chi connectivity index (χ4n) is 2.60. The summed E-state index contributed by atoms with van der Waals surface area (Å²) in [4.78, 5) is 16.8. The summed E-state index contributed by atoms with van der Waals surface area (Å²) in [6.45, 7) is 2.60. The van der Waals surface area contributed by atoms with E-state index in [1.54, 1.807) is 41.7 Å². The van der Waals surface area contributed by atoms with E-state index < -0.39 is 6.03 Å². The normalized spacial score (nSPS) is 11.4. The van der Waals surface area contributed by atoms with Crippen LogP contribution in [0.1, 0.15) is 16.7 Å². The van der Waals surface area contributed by atoms with Crippen molar-refractivity contribution < 1.29 is 9.18 Å². The third-order valence-electron chi connectivity index (χ3n) is 4.22. The van der Waals surface area contributed by atoms with Crippen LogP contribution in [0.5, 0.6) is 0 Å². The van der Waals surface area contributed by atoms with Crippen molar-refractivity contribution in [3.05, 3.63) is 65.0 Å². The molecule has 0 aromatic heterocycles. The second-order valence-corrected chi connectivity index (χ2v) is 8.37. The minimum absolute atomic E-state index is 0.236. The molecule has 0 aliphatic carbocycles. The van der Waals surface area contributed by atoms with Crippen LogP contribution in [0.2, 0.25) is 0 Å². The number of aryl methyl sites for hydroxylation is 1. The molecule has 2 rings (SSSR count). The maximum atomic E-state index is 13.0. The van der Waals surface area contributed by atoms with Gasteiger partial charge in [0.1, 0.15) is 10.2 Å². The van der Waals surface area contributed by atoms with Gasteiger partial charge in [0, 0.05) is 19.3 Å². The SMILES string of the molecule is CSC(=NCCc1ccc(F)cc1)SCc1c(C)cccc1N(N)C(=O)N(C)N. The van der Waals surface area contributed by atoms with Crippen LogP contribution in [-0.2, 0) is 12.2 Å². The van der Waals surface area contributed by atoms with E-state index >= 15 is 0 Å². The predicted octanol–water partition coefficient (Wildman–Crippen LogP) is 3.93. The van der Waals surface area contributed by atoms with Crippen molar-refractivity contribution in [2.24, 2.45) is 16.7 Å². The number of thioether (sulfide) groups is 2. The summed E-state index contributed by atoms with van der Waals surface area (Å²) in [6, 6.07) is 11.6. The van der Waals surface area contributed by atoms with Gasteiger partial charge in [0.05, 0.1) is 5.69 Å². The molecule has 0 fully saturated rings. The largest absolute Gasteiger partial charge is 0.352 e. The number of rotatable bonds is 6. The Morgan fingerprint density at radius 2 is 1.86 bits per heavy atom. The molecule has 29 heavy (non-hydrogen) atoms. The fraction of sp³-hybridized carbons (Fsp3) is 0.300. The highest BCUT2D eigenvalue weighted by Gasteiger charge is 2.19. The number of carbonyl (C=O) groups excluding carboxylic acids is 1. The Morgan fingerprint density at radius 3 is 2.48 bits per heavy atom. The minimum Gasteiger partial charge on any atom is -0.271 e. The molecule has 0 heterocycles. The molecular weight excluding hydrogens is 409 g/mol. The van der Waals surface area contributed by atoms with Gasteiger partial charge < -0.3 is 0 Å². The first-order valence-electron chi connectivity index (χ1n) is 8.95. The molecule has 156 valence electrons. The zero-order chi connectivity index (χ0) is 21.4. The average Bonchev–Trinajstić information content (AvgIpc) is 2.71. The zero-order valence-corrected chi connectivity index (χ0v) is 18.4. The number of hydrogen-bond donors (Lipinski definition) is 2. The van der Waals surface area contributed by atoms with Gasteiger partial charge in [0.25, 0.3) is 0 Å². The number of hydrogen-bond acceptors (Lipinski definition) is 6. The molecule has 0 saturated heterocycles. The van der Waals surface area contributed by atoms with E-state index in [0.29, 0.717) is 18.0 Å². The molecule has 6 nitrogen and oxygen atoms in total. The van der Waals surface area contributed by atoms with Gasteiger partial charge in [-0.25, -0.2) is 25.9 Å². The summed E-state index contributed by atoms with van der Waals surface area (Å²) < 4.78 is 13.9. The van der Waals surface area contributed by atoms with Crippen LogP contribution in [0.25, 0.3) is 0 Å². The lowest BCUT2D eigenvalue weighted by Gasteiger charge is -2.24. The van der Waals surface area contributed by atoms with E-state index in [2.05, 4.69) is 4.99 Å². The summed E-state index contributed by atoms with van der Waals surface area (Å²) in [5.41, 5.74) is 3.65. The van der Waals surface area contributed by atoms with Crippen LogP contribution < -0.4 is 16.7 Å².